The van der Waals surface area contributed by atoms with Crippen LogP contribution in [0.15, 0.2) is 47.5 Å². The lowest BCUT2D eigenvalue weighted by molar-refractivity contribution is 0.0398. The molecule has 1 aliphatic rings. The number of sulfonamides is 1. The minimum atomic E-state index is -3.77. The number of morpholine rings is 1. The number of hydrogen-bond acceptors (Lipinski definition) is 6. The van der Waals surface area contributed by atoms with Gasteiger partial charge < -0.3 is 10.1 Å². The number of pyridine rings is 1. The molecule has 26 heavy (non-hydrogen) atoms. The topological polar surface area (TPSA) is 83.6 Å². The number of anilines is 2. The lowest BCUT2D eigenvalue weighted by Crippen LogP contribution is -2.39. The van der Waals surface area contributed by atoms with E-state index in [0.717, 1.165) is 51.5 Å². The molecule has 9 heteroatoms. The lowest BCUT2D eigenvalue weighted by atomic mass is 10.4. The van der Waals surface area contributed by atoms with Crippen molar-refractivity contribution in [3.05, 3.63) is 48.4 Å². The Labute approximate surface area is 152 Å². The summed E-state index contributed by atoms with van der Waals surface area (Å²) in [7, 11) is -3.77. The highest BCUT2D eigenvalue weighted by atomic mass is 32.2. The van der Waals surface area contributed by atoms with Crippen molar-refractivity contribution in [1.82, 2.24) is 9.88 Å². The standard InChI is InChI=1S/C17H21FN4O3S/c18-14-1-4-16(5-2-14)26(23,24)21-15-3-6-17(20-13-15)19-7-8-22-9-11-25-12-10-22/h1-6,13,21H,7-12H2,(H,19,20). The van der Waals surface area contributed by atoms with E-state index in [9.17, 15) is 12.8 Å². The third kappa shape index (κ3) is 5.13. The van der Waals surface area contributed by atoms with Crippen LogP contribution in [-0.2, 0) is 14.8 Å². The summed E-state index contributed by atoms with van der Waals surface area (Å²) in [5, 5.41) is 3.21. The smallest absolute Gasteiger partial charge is 0.261 e. The maximum Gasteiger partial charge on any atom is 0.261 e. The average Bonchev–Trinajstić information content (AvgIpc) is 2.64. The molecule has 1 aromatic carbocycles. The Hall–Kier alpha value is -2.23. The molecule has 1 fully saturated rings. The van der Waals surface area contributed by atoms with Gasteiger partial charge in [-0.15, -0.1) is 0 Å². The second-order valence-electron chi connectivity index (χ2n) is 5.87. The Balaban J connectivity index is 1.53. The molecule has 1 aliphatic heterocycles. The number of halogens is 1. The minimum absolute atomic E-state index is 0.00777. The third-order valence-corrected chi connectivity index (χ3v) is 5.37. The van der Waals surface area contributed by atoms with Crippen molar-refractivity contribution in [3.63, 3.8) is 0 Å². The summed E-state index contributed by atoms with van der Waals surface area (Å²) < 4.78 is 45.2. The fourth-order valence-corrected chi connectivity index (χ4v) is 3.60. The minimum Gasteiger partial charge on any atom is -0.379 e. The first kappa shape index (κ1) is 18.6. The number of hydrogen-bond donors (Lipinski definition) is 2. The van der Waals surface area contributed by atoms with Gasteiger partial charge in [0.15, 0.2) is 0 Å². The van der Waals surface area contributed by atoms with Crippen LogP contribution in [0.2, 0.25) is 0 Å². The zero-order valence-corrected chi connectivity index (χ0v) is 15.0. The first-order chi connectivity index (χ1) is 12.5. The molecular weight excluding hydrogens is 359 g/mol. The fourth-order valence-electron chi connectivity index (χ4n) is 2.55. The normalized spacial score (nSPS) is 15.6. The van der Waals surface area contributed by atoms with Crippen molar-refractivity contribution in [3.8, 4) is 0 Å². The van der Waals surface area contributed by atoms with Crippen LogP contribution in [-0.4, -0.2) is 57.7 Å². The van der Waals surface area contributed by atoms with Crippen LogP contribution in [0.5, 0.6) is 0 Å². The highest BCUT2D eigenvalue weighted by Crippen LogP contribution is 2.17. The van der Waals surface area contributed by atoms with Crippen LogP contribution in [0.3, 0.4) is 0 Å². The van der Waals surface area contributed by atoms with Crippen LogP contribution in [0.1, 0.15) is 0 Å². The van der Waals surface area contributed by atoms with Crippen molar-refractivity contribution >= 4 is 21.5 Å². The summed E-state index contributed by atoms with van der Waals surface area (Å²) in [4.78, 5) is 6.51. The predicted molar refractivity (Wildman–Crippen MR) is 97.2 cm³/mol. The van der Waals surface area contributed by atoms with E-state index in [1.165, 1.54) is 18.3 Å². The Morgan fingerprint density at radius 2 is 1.85 bits per heavy atom. The maximum atomic E-state index is 12.9. The van der Waals surface area contributed by atoms with Crippen LogP contribution < -0.4 is 10.0 Å². The molecule has 0 bridgehead atoms. The van der Waals surface area contributed by atoms with Crippen LogP contribution in [0.25, 0.3) is 0 Å². The van der Waals surface area contributed by atoms with Gasteiger partial charge in [-0.2, -0.15) is 0 Å². The van der Waals surface area contributed by atoms with E-state index in [1.54, 1.807) is 12.1 Å². The van der Waals surface area contributed by atoms with Gasteiger partial charge >= 0.3 is 0 Å². The van der Waals surface area contributed by atoms with Crippen molar-refractivity contribution < 1.29 is 17.5 Å². The lowest BCUT2D eigenvalue weighted by Gasteiger charge is -2.26. The summed E-state index contributed by atoms with van der Waals surface area (Å²) in [6, 6.07) is 7.98. The fraction of sp³-hybridized carbons (Fsp3) is 0.353. The van der Waals surface area contributed by atoms with Crippen LogP contribution >= 0.6 is 0 Å². The second kappa shape index (κ2) is 8.43. The van der Waals surface area contributed by atoms with E-state index in [2.05, 4.69) is 19.9 Å². The largest absolute Gasteiger partial charge is 0.379 e. The zero-order valence-electron chi connectivity index (χ0n) is 14.2. The molecule has 0 saturated carbocycles. The Morgan fingerprint density at radius 1 is 1.12 bits per heavy atom. The zero-order chi connectivity index (χ0) is 18.4. The number of nitrogens with one attached hydrogen (secondary N) is 2. The second-order valence-corrected chi connectivity index (χ2v) is 7.55. The van der Waals surface area contributed by atoms with E-state index in [4.69, 9.17) is 4.74 Å². The van der Waals surface area contributed by atoms with Gasteiger partial charge in [-0.25, -0.2) is 17.8 Å². The Kier molecular flexibility index (Phi) is 6.02. The van der Waals surface area contributed by atoms with Gasteiger partial charge in [0.1, 0.15) is 11.6 Å². The Bertz CT molecular complexity index is 807. The SMILES string of the molecule is O=S(=O)(Nc1ccc(NCCN2CCOCC2)nc1)c1ccc(F)cc1. The van der Waals surface area contributed by atoms with Gasteiger partial charge in [-0.3, -0.25) is 9.62 Å². The molecule has 1 saturated heterocycles. The quantitative estimate of drug-likeness (QED) is 0.762. The van der Waals surface area contributed by atoms with E-state index >= 15 is 0 Å². The highest BCUT2D eigenvalue weighted by molar-refractivity contribution is 7.92. The van der Waals surface area contributed by atoms with Crippen LogP contribution in [0.4, 0.5) is 15.9 Å². The molecule has 0 atom stereocenters. The summed E-state index contributed by atoms with van der Waals surface area (Å²) in [5.41, 5.74) is 0.341. The van der Waals surface area contributed by atoms with Gasteiger partial charge in [0, 0.05) is 26.2 Å². The van der Waals surface area contributed by atoms with Gasteiger partial charge in [0.05, 0.1) is 30.0 Å². The van der Waals surface area contributed by atoms with E-state index in [1.807, 2.05) is 0 Å². The third-order valence-electron chi connectivity index (χ3n) is 3.98. The van der Waals surface area contributed by atoms with E-state index in [-0.39, 0.29) is 4.90 Å². The van der Waals surface area contributed by atoms with Crippen molar-refractivity contribution in [1.29, 1.82) is 0 Å². The van der Waals surface area contributed by atoms with Crippen molar-refractivity contribution in [2.24, 2.45) is 0 Å². The van der Waals surface area contributed by atoms with Crippen molar-refractivity contribution in [2.75, 3.05) is 49.4 Å². The molecular formula is C17H21FN4O3S. The molecule has 2 aromatic rings. The summed E-state index contributed by atoms with van der Waals surface area (Å²) in [6.45, 7) is 5.03. The maximum absolute atomic E-state index is 12.9. The van der Waals surface area contributed by atoms with Gasteiger partial charge in [-0.05, 0) is 36.4 Å². The number of benzene rings is 1. The molecule has 1 aromatic heterocycles. The monoisotopic (exact) mass is 380 g/mol. The van der Waals surface area contributed by atoms with Gasteiger partial charge in [-0.1, -0.05) is 0 Å². The van der Waals surface area contributed by atoms with Gasteiger partial charge in [0.2, 0.25) is 0 Å². The molecule has 0 amide bonds. The molecule has 0 unspecified atom stereocenters. The molecule has 3 rings (SSSR count). The molecule has 2 N–H and O–H groups in total. The average molecular weight is 380 g/mol. The molecule has 2 heterocycles. The number of ether oxygens (including phenoxy) is 1. The van der Waals surface area contributed by atoms with E-state index < -0.39 is 15.8 Å². The molecule has 0 aliphatic carbocycles. The molecule has 0 spiro atoms. The summed E-state index contributed by atoms with van der Waals surface area (Å²) in [6.07, 6.45) is 1.44. The first-order valence-electron chi connectivity index (χ1n) is 8.31. The summed E-state index contributed by atoms with van der Waals surface area (Å²) in [5.74, 6) is 0.182. The van der Waals surface area contributed by atoms with Gasteiger partial charge in [0.25, 0.3) is 10.0 Å². The number of rotatable bonds is 7. The molecule has 7 nitrogen and oxygen atoms in total. The van der Waals surface area contributed by atoms with E-state index in [0.29, 0.717) is 11.5 Å². The molecule has 0 radical (unpaired) electrons. The summed E-state index contributed by atoms with van der Waals surface area (Å²) >= 11 is 0. The first-order valence-corrected chi connectivity index (χ1v) is 9.80. The van der Waals surface area contributed by atoms with Crippen molar-refractivity contribution in [2.45, 2.75) is 4.90 Å². The predicted octanol–water partition coefficient (Wildman–Crippen LogP) is 1.77. The van der Waals surface area contributed by atoms with Crippen LogP contribution in [0, 0.1) is 5.82 Å². The number of nitrogens with zero attached hydrogens (tertiary/aromatic N) is 2. The number of aromatic nitrogens is 1. The highest BCUT2D eigenvalue weighted by Gasteiger charge is 2.14. The molecule has 140 valence electrons. The Morgan fingerprint density at radius 3 is 2.50 bits per heavy atom.